The molecule has 2 bridgehead atoms. The third-order valence-electron chi connectivity index (χ3n) is 8.92. The molecule has 1 amide bonds. The minimum atomic E-state index is -3.31. The van der Waals surface area contributed by atoms with Crippen LogP contribution in [0.5, 0.6) is 11.5 Å². The van der Waals surface area contributed by atoms with Gasteiger partial charge in [0.2, 0.25) is 15.9 Å². The molecule has 2 unspecified atom stereocenters. The molecule has 1 aliphatic carbocycles. The maximum absolute atomic E-state index is 12.1. The van der Waals surface area contributed by atoms with Crippen LogP contribution in [0.25, 0.3) is 0 Å². The average Bonchev–Trinajstić information content (AvgIpc) is 3.02. The lowest BCUT2D eigenvalue weighted by Crippen LogP contribution is -2.62. The van der Waals surface area contributed by atoms with E-state index in [4.69, 9.17) is 10.5 Å². The van der Waals surface area contributed by atoms with E-state index in [1.807, 2.05) is 12.1 Å². The van der Waals surface area contributed by atoms with Crippen LogP contribution in [0.3, 0.4) is 0 Å². The van der Waals surface area contributed by atoms with Gasteiger partial charge in [0.05, 0.1) is 24.9 Å². The van der Waals surface area contributed by atoms with Gasteiger partial charge in [0.1, 0.15) is 18.0 Å². The van der Waals surface area contributed by atoms with E-state index in [-0.39, 0.29) is 11.8 Å². The number of hydrogen-bond acceptors (Lipinski definition) is 4. The summed E-state index contributed by atoms with van der Waals surface area (Å²) < 4.78 is 32.4. The lowest BCUT2D eigenvalue weighted by atomic mass is 9.83. The number of carbonyl (C=O) groups excluding carboxylic acids is 1. The van der Waals surface area contributed by atoms with E-state index >= 15 is 0 Å². The van der Waals surface area contributed by atoms with Crippen LogP contribution in [0.2, 0.25) is 0 Å². The van der Waals surface area contributed by atoms with E-state index in [1.54, 1.807) is 24.3 Å². The maximum atomic E-state index is 12.1. The minimum Gasteiger partial charge on any atom is -0.457 e. The number of fused-ring (bicyclic) bond motifs is 2. The third kappa shape index (κ3) is 6.12. The number of nitrogens with zero attached hydrogens (tertiary/aromatic N) is 1. The Morgan fingerprint density at radius 1 is 0.919 bits per heavy atom. The van der Waals surface area contributed by atoms with Crippen molar-refractivity contribution in [3.05, 3.63) is 54.1 Å². The molecule has 3 N–H and O–H groups in total. The van der Waals surface area contributed by atoms with Gasteiger partial charge < -0.3 is 15.0 Å². The van der Waals surface area contributed by atoms with E-state index in [9.17, 15) is 13.2 Å². The van der Waals surface area contributed by atoms with E-state index in [0.717, 1.165) is 41.8 Å². The molecular formula is C29H40N3O4S+. The second-order valence-electron chi connectivity index (χ2n) is 11.5. The van der Waals surface area contributed by atoms with Gasteiger partial charge in [-0.3, -0.25) is 9.52 Å². The highest BCUT2D eigenvalue weighted by Crippen LogP contribution is 2.48. The number of amides is 1. The number of rotatable bonds is 9. The molecular weight excluding hydrogens is 486 g/mol. The highest BCUT2D eigenvalue weighted by molar-refractivity contribution is 7.92. The fraction of sp³-hybridized carbons (Fsp3) is 0.552. The normalized spacial score (nSPS) is 28.1. The van der Waals surface area contributed by atoms with Crippen LogP contribution in [0.1, 0.15) is 63.4 Å². The zero-order valence-electron chi connectivity index (χ0n) is 21.8. The second-order valence-corrected chi connectivity index (χ2v) is 13.3. The summed E-state index contributed by atoms with van der Waals surface area (Å²) in [4.78, 5) is 12.1. The van der Waals surface area contributed by atoms with E-state index in [0.29, 0.717) is 23.5 Å². The SMILES string of the molecule is CS(=O)(=O)Nc1ccc(Oc2ccc(C[N+]3(CC4CCCCC4)[C@@H]4CC[C@H]3CC(C(N)=O)C4)cc2)cc1. The number of primary amides is 1. The van der Waals surface area contributed by atoms with Crippen molar-refractivity contribution in [3.8, 4) is 11.5 Å². The van der Waals surface area contributed by atoms with E-state index in [1.165, 1.54) is 57.1 Å². The maximum Gasteiger partial charge on any atom is 0.229 e. The molecule has 3 fully saturated rings. The number of benzene rings is 2. The molecule has 8 heteroatoms. The molecule has 0 spiro atoms. The molecule has 0 radical (unpaired) electrons. The predicted molar refractivity (Wildman–Crippen MR) is 146 cm³/mol. The Kier molecular flexibility index (Phi) is 7.50. The molecule has 1 saturated carbocycles. The zero-order valence-corrected chi connectivity index (χ0v) is 22.6. The number of nitrogens with one attached hydrogen (secondary N) is 1. The molecule has 2 aromatic rings. The smallest absolute Gasteiger partial charge is 0.229 e. The number of quaternary nitrogens is 1. The molecule has 7 nitrogen and oxygen atoms in total. The summed E-state index contributed by atoms with van der Waals surface area (Å²) in [6.45, 7) is 2.23. The summed E-state index contributed by atoms with van der Waals surface area (Å²) in [6.07, 6.45) is 12.1. The molecule has 2 heterocycles. The number of piperidine rings is 1. The number of ether oxygens (including phenoxy) is 1. The topological polar surface area (TPSA) is 98.5 Å². The molecule has 0 aromatic heterocycles. The monoisotopic (exact) mass is 526 g/mol. The van der Waals surface area contributed by atoms with Gasteiger partial charge in [-0.1, -0.05) is 19.3 Å². The summed E-state index contributed by atoms with van der Waals surface area (Å²) in [5.74, 6) is 2.10. The summed E-state index contributed by atoms with van der Waals surface area (Å²) in [5.41, 5.74) is 7.59. The van der Waals surface area contributed by atoms with Crippen LogP contribution in [-0.4, -0.2) is 43.7 Å². The highest BCUT2D eigenvalue weighted by atomic mass is 32.2. The van der Waals surface area contributed by atoms with Crippen molar-refractivity contribution in [1.29, 1.82) is 0 Å². The number of anilines is 1. The number of carbonyl (C=O) groups is 1. The van der Waals surface area contributed by atoms with Crippen LogP contribution in [0.4, 0.5) is 5.69 Å². The van der Waals surface area contributed by atoms with Gasteiger partial charge >= 0.3 is 0 Å². The van der Waals surface area contributed by atoms with Crippen LogP contribution >= 0.6 is 0 Å². The lowest BCUT2D eigenvalue weighted by Gasteiger charge is -2.51. The molecule has 5 rings (SSSR count). The Morgan fingerprint density at radius 2 is 1.49 bits per heavy atom. The predicted octanol–water partition coefficient (Wildman–Crippen LogP) is 5.17. The Bertz CT molecular complexity index is 1180. The first-order valence-electron chi connectivity index (χ1n) is 13.7. The fourth-order valence-electron chi connectivity index (χ4n) is 7.25. The Morgan fingerprint density at radius 3 is 2.03 bits per heavy atom. The first kappa shape index (κ1) is 26.0. The number of nitrogens with two attached hydrogens (primary N) is 1. The highest BCUT2D eigenvalue weighted by Gasteiger charge is 2.55. The van der Waals surface area contributed by atoms with Crippen molar-refractivity contribution >= 4 is 21.6 Å². The first-order valence-corrected chi connectivity index (χ1v) is 15.6. The van der Waals surface area contributed by atoms with Crippen LogP contribution in [-0.2, 0) is 21.4 Å². The van der Waals surface area contributed by atoms with Crippen molar-refractivity contribution < 1.29 is 22.4 Å². The van der Waals surface area contributed by atoms with Crippen molar-refractivity contribution in [2.24, 2.45) is 17.6 Å². The van der Waals surface area contributed by atoms with Crippen molar-refractivity contribution in [1.82, 2.24) is 0 Å². The van der Waals surface area contributed by atoms with Gasteiger partial charge in [-0.15, -0.1) is 0 Å². The summed E-state index contributed by atoms with van der Waals surface area (Å²) in [7, 11) is -3.31. The molecule has 200 valence electrons. The quantitative estimate of drug-likeness (QED) is 0.440. The van der Waals surface area contributed by atoms with Gasteiger partial charge in [0.25, 0.3) is 0 Å². The number of sulfonamides is 1. The van der Waals surface area contributed by atoms with Crippen molar-refractivity contribution in [3.63, 3.8) is 0 Å². The largest absolute Gasteiger partial charge is 0.457 e. The Balaban J connectivity index is 1.30. The molecule has 37 heavy (non-hydrogen) atoms. The Labute approximate surface area is 221 Å². The van der Waals surface area contributed by atoms with Crippen molar-refractivity contribution in [2.75, 3.05) is 17.5 Å². The van der Waals surface area contributed by atoms with E-state index < -0.39 is 10.0 Å². The first-order chi connectivity index (χ1) is 17.7. The minimum absolute atomic E-state index is 0.0323. The molecule has 2 saturated heterocycles. The number of hydrogen-bond donors (Lipinski definition) is 2. The molecule has 4 atom stereocenters. The standard InChI is InChI=1S/C29H39N3O4S/c1-37(34,35)31-24-9-15-28(16-10-24)36-27-13-7-22(8-14-27)20-32(19-21-5-3-2-4-6-21)25-11-12-26(32)18-23(17-25)29(30)33/h7-10,13-16,21,23,25-26,31H,2-6,11-12,17-20H2,1H3,(H-,30,33)/p+1/t23?,25-,26+,32?. The Hall–Kier alpha value is -2.58. The second kappa shape index (κ2) is 10.7. The molecule has 3 aliphatic rings. The summed E-state index contributed by atoms with van der Waals surface area (Å²) >= 11 is 0. The lowest BCUT2D eigenvalue weighted by molar-refractivity contribution is -0.981. The summed E-state index contributed by atoms with van der Waals surface area (Å²) in [6, 6.07) is 16.3. The molecule has 2 aromatic carbocycles. The molecule has 2 aliphatic heterocycles. The van der Waals surface area contributed by atoms with Gasteiger partial charge in [-0.25, -0.2) is 8.42 Å². The van der Waals surface area contributed by atoms with E-state index in [2.05, 4.69) is 16.9 Å². The van der Waals surface area contributed by atoms with Gasteiger partial charge in [0, 0.05) is 48.8 Å². The van der Waals surface area contributed by atoms with Crippen molar-refractivity contribution in [2.45, 2.75) is 76.4 Å². The fourth-order valence-corrected chi connectivity index (χ4v) is 7.82. The van der Waals surface area contributed by atoms with Gasteiger partial charge in [-0.2, -0.15) is 0 Å². The zero-order chi connectivity index (χ0) is 26.0. The van der Waals surface area contributed by atoms with Gasteiger partial charge in [-0.05, 0) is 61.4 Å². The summed E-state index contributed by atoms with van der Waals surface area (Å²) in [5, 5.41) is 0. The van der Waals surface area contributed by atoms with Gasteiger partial charge in [0.15, 0.2) is 0 Å². The van der Waals surface area contributed by atoms with Crippen LogP contribution in [0.15, 0.2) is 48.5 Å². The van der Waals surface area contributed by atoms with Crippen LogP contribution < -0.4 is 15.2 Å². The average molecular weight is 527 g/mol. The van der Waals surface area contributed by atoms with Crippen LogP contribution in [0, 0.1) is 11.8 Å². The third-order valence-corrected chi connectivity index (χ3v) is 9.53.